The number of carbonyl (C=O) groups is 2. The Labute approximate surface area is 242 Å². The monoisotopic (exact) mass is 572 g/mol. The van der Waals surface area contributed by atoms with Gasteiger partial charge in [-0.1, -0.05) is 61.1 Å². The van der Waals surface area contributed by atoms with Gasteiger partial charge in [-0.05, 0) is 44.9 Å². The number of cyclic esters (lactones) is 1. The van der Waals surface area contributed by atoms with E-state index < -0.39 is 36.5 Å². The summed E-state index contributed by atoms with van der Waals surface area (Å²) in [6.45, 7) is 8.98. The number of ether oxygens (including phenoxy) is 6. The van der Waals surface area contributed by atoms with E-state index >= 15 is 0 Å². The molecule has 4 rings (SSSR count). The SMILES string of the molecule is C=C1CC(OC(=O)OC)[C@@H]2O[C@H]2C[C@@H]([C@@H](O)/C=C/[C@@H]2CC(C)=CCO2)OC(=O)/C=C\C[C@@H]2C=CC[C@@H](C[C@@H](C)C1)O2. The number of esters is 1. The Morgan fingerprint density at radius 3 is 2.78 bits per heavy atom. The van der Waals surface area contributed by atoms with E-state index in [1.807, 2.05) is 19.1 Å². The fraction of sp³-hybridized carbons (Fsp3) is 0.625. The number of hydrogen-bond acceptors (Lipinski definition) is 9. The predicted molar refractivity (Wildman–Crippen MR) is 152 cm³/mol. The van der Waals surface area contributed by atoms with E-state index in [0.717, 1.165) is 31.3 Å². The molecule has 9 heteroatoms. The highest BCUT2D eigenvalue weighted by Gasteiger charge is 2.49. The first kappa shape index (κ1) is 31.2. The summed E-state index contributed by atoms with van der Waals surface area (Å²) in [5, 5.41) is 11.1. The maximum atomic E-state index is 12.8. The zero-order chi connectivity index (χ0) is 29.4. The molecule has 1 unspecified atom stereocenters. The normalized spacial score (nSPS) is 36.6. The molecular weight excluding hydrogens is 528 g/mol. The third-order valence-electron chi connectivity index (χ3n) is 7.84. The van der Waals surface area contributed by atoms with Crippen molar-refractivity contribution in [1.29, 1.82) is 0 Å². The Balaban J connectivity index is 1.50. The van der Waals surface area contributed by atoms with Crippen molar-refractivity contribution < 1.29 is 43.1 Å². The van der Waals surface area contributed by atoms with Crippen LogP contribution in [-0.2, 0) is 33.2 Å². The van der Waals surface area contributed by atoms with Crippen LogP contribution in [0.2, 0.25) is 0 Å². The highest BCUT2D eigenvalue weighted by molar-refractivity contribution is 5.82. The molecule has 0 saturated carbocycles. The summed E-state index contributed by atoms with van der Waals surface area (Å²) in [7, 11) is 1.26. The quantitative estimate of drug-likeness (QED) is 0.286. The second kappa shape index (κ2) is 15.0. The Hall–Kier alpha value is -2.72. The molecule has 1 N–H and O–H groups in total. The lowest BCUT2D eigenvalue weighted by molar-refractivity contribution is -0.148. The molecule has 0 spiro atoms. The van der Waals surface area contributed by atoms with E-state index in [-0.39, 0.29) is 30.8 Å². The first-order chi connectivity index (χ1) is 19.7. The molecule has 41 heavy (non-hydrogen) atoms. The highest BCUT2D eigenvalue weighted by Crippen LogP contribution is 2.36. The van der Waals surface area contributed by atoms with Gasteiger partial charge in [-0.3, -0.25) is 0 Å². The van der Waals surface area contributed by atoms with Crippen molar-refractivity contribution >= 4 is 12.1 Å². The van der Waals surface area contributed by atoms with Gasteiger partial charge in [0.2, 0.25) is 0 Å². The minimum absolute atomic E-state index is 0.0732. The molecular formula is C32H44O9. The smallest absolute Gasteiger partial charge is 0.456 e. The summed E-state index contributed by atoms with van der Waals surface area (Å²) in [6, 6.07) is 0. The molecule has 226 valence electrons. The van der Waals surface area contributed by atoms with E-state index in [9.17, 15) is 14.7 Å². The van der Waals surface area contributed by atoms with Gasteiger partial charge in [0, 0.05) is 18.9 Å². The number of aliphatic hydroxyl groups is 1. The number of methoxy groups -OCH3 is 1. The number of hydrogen-bond donors (Lipinski definition) is 1. The van der Waals surface area contributed by atoms with Crippen molar-refractivity contribution in [2.75, 3.05) is 13.7 Å². The van der Waals surface area contributed by atoms with Crippen molar-refractivity contribution in [2.45, 2.75) is 108 Å². The van der Waals surface area contributed by atoms with Crippen molar-refractivity contribution in [1.82, 2.24) is 0 Å². The van der Waals surface area contributed by atoms with Gasteiger partial charge < -0.3 is 33.5 Å². The number of rotatable bonds is 4. The lowest BCUT2D eigenvalue weighted by Crippen LogP contribution is -2.33. The summed E-state index contributed by atoms with van der Waals surface area (Å²) in [5.74, 6) is -0.244. The molecule has 1 fully saturated rings. The summed E-state index contributed by atoms with van der Waals surface area (Å²) >= 11 is 0. The average molecular weight is 573 g/mol. The van der Waals surface area contributed by atoms with Crippen LogP contribution in [0.4, 0.5) is 4.79 Å². The predicted octanol–water partition coefficient (Wildman–Crippen LogP) is 4.90. The molecule has 4 aliphatic heterocycles. The van der Waals surface area contributed by atoms with E-state index in [1.165, 1.54) is 18.8 Å². The zero-order valence-electron chi connectivity index (χ0n) is 24.3. The fourth-order valence-electron chi connectivity index (χ4n) is 5.71. The summed E-state index contributed by atoms with van der Waals surface area (Å²) in [4.78, 5) is 24.8. The first-order valence-corrected chi connectivity index (χ1v) is 14.6. The van der Waals surface area contributed by atoms with Crippen LogP contribution >= 0.6 is 0 Å². The van der Waals surface area contributed by atoms with Crippen molar-refractivity contribution in [3.63, 3.8) is 0 Å². The van der Waals surface area contributed by atoms with E-state index in [0.29, 0.717) is 25.4 Å². The molecule has 0 amide bonds. The van der Waals surface area contributed by atoms with Gasteiger partial charge in [-0.2, -0.15) is 0 Å². The zero-order valence-corrected chi connectivity index (χ0v) is 24.3. The lowest BCUT2D eigenvalue weighted by Gasteiger charge is -2.28. The van der Waals surface area contributed by atoms with Crippen molar-refractivity contribution in [2.24, 2.45) is 5.92 Å². The maximum Gasteiger partial charge on any atom is 0.508 e. The van der Waals surface area contributed by atoms with Crippen molar-refractivity contribution in [3.05, 3.63) is 60.3 Å². The van der Waals surface area contributed by atoms with Crippen LogP contribution in [-0.4, -0.2) is 79.8 Å². The average Bonchev–Trinajstić information content (AvgIpc) is 3.69. The Morgan fingerprint density at radius 2 is 2.00 bits per heavy atom. The van der Waals surface area contributed by atoms with Gasteiger partial charge in [0.25, 0.3) is 0 Å². The van der Waals surface area contributed by atoms with E-state index in [2.05, 4.69) is 19.6 Å². The second-order valence-electron chi connectivity index (χ2n) is 11.6. The minimum atomic E-state index is -1.08. The molecule has 0 aromatic rings. The number of fused-ring (bicyclic) bond motifs is 3. The summed E-state index contributed by atoms with van der Waals surface area (Å²) < 4.78 is 33.9. The molecule has 0 aromatic heterocycles. The highest BCUT2D eigenvalue weighted by atomic mass is 16.7. The van der Waals surface area contributed by atoms with Gasteiger partial charge in [0.1, 0.15) is 24.4 Å². The molecule has 9 nitrogen and oxygen atoms in total. The van der Waals surface area contributed by atoms with Crippen LogP contribution < -0.4 is 0 Å². The molecule has 9 atom stereocenters. The van der Waals surface area contributed by atoms with Crippen LogP contribution in [0.5, 0.6) is 0 Å². The Morgan fingerprint density at radius 1 is 1.17 bits per heavy atom. The third kappa shape index (κ3) is 9.95. The van der Waals surface area contributed by atoms with Crippen LogP contribution in [0.25, 0.3) is 0 Å². The molecule has 4 heterocycles. The molecule has 1 saturated heterocycles. The van der Waals surface area contributed by atoms with Gasteiger partial charge in [-0.15, -0.1) is 0 Å². The molecule has 2 bridgehead atoms. The summed E-state index contributed by atoms with van der Waals surface area (Å²) in [5.41, 5.74) is 2.16. The number of carbonyl (C=O) groups excluding carboxylic acids is 2. The van der Waals surface area contributed by atoms with Crippen LogP contribution in [0.15, 0.2) is 60.3 Å². The van der Waals surface area contributed by atoms with Gasteiger partial charge >= 0.3 is 12.1 Å². The van der Waals surface area contributed by atoms with Crippen molar-refractivity contribution in [3.8, 4) is 0 Å². The Bertz CT molecular complexity index is 1040. The van der Waals surface area contributed by atoms with Gasteiger partial charge in [0.15, 0.2) is 0 Å². The molecule has 0 aromatic carbocycles. The van der Waals surface area contributed by atoms with Gasteiger partial charge in [0.05, 0.1) is 38.1 Å². The summed E-state index contributed by atoms with van der Waals surface area (Å²) in [6.07, 6.45) is 12.7. The number of aliphatic hydroxyl groups excluding tert-OH is 1. The standard InChI is InChI=1S/C32H44O9/c1-20-13-14-37-24(16-20)11-12-26(33)27-19-29-31(40-29)28(41-32(35)36-4)18-22(3)15-21(2)17-25-9-5-7-23(38-25)8-6-10-30(34)39-27/h5-7,10-13,21,23-29,31,33H,3,8-9,14-19H2,1-2,4H3/b10-6-,12-11+/t21-,23-,24+,25-,26-,27-,28?,29-,31-/m0/s1. The largest absolute Gasteiger partial charge is 0.508 e. The maximum absolute atomic E-state index is 12.8. The molecule has 0 radical (unpaired) electrons. The van der Waals surface area contributed by atoms with Gasteiger partial charge in [-0.25, -0.2) is 9.59 Å². The first-order valence-electron chi connectivity index (χ1n) is 14.6. The van der Waals surface area contributed by atoms with Crippen LogP contribution in [0, 0.1) is 5.92 Å². The topological polar surface area (TPSA) is 113 Å². The molecule has 0 aliphatic carbocycles. The Kier molecular flexibility index (Phi) is 11.4. The van der Waals surface area contributed by atoms with E-state index in [1.54, 1.807) is 18.2 Å². The number of epoxide rings is 1. The third-order valence-corrected chi connectivity index (χ3v) is 7.84. The van der Waals surface area contributed by atoms with Crippen LogP contribution in [0.3, 0.4) is 0 Å². The second-order valence-corrected chi connectivity index (χ2v) is 11.6. The lowest BCUT2D eigenvalue weighted by atomic mass is 9.90. The minimum Gasteiger partial charge on any atom is -0.456 e. The van der Waals surface area contributed by atoms with Crippen LogP contribution in [0.1, 0.15) is 58.8 Å². The molecule has 4 aliphatic rings. The van der Waals surface area contributed by atoms with E-state index in [4.69, 9.17) is 28.4 Å². The fourth-order valence-corrected chi connectivity index (χ4v) is 5.71.